The molecule has 1 fully saturated rings. The lowest BCUT2D eigenvalue weighted by atomic mass is 9.69. The molecule has 0 N–H and O–H groups in total. The van der Waals surface area contributed by atoms with Crippen molar-refractivity contribution >= 4 is 17.3 Å². The van der Waals surface area contributed by atoms with E-state index in [1.54, 1.807) is 6.07 Å². The summed E-state index contributed by atoms with van der Waals surface area (Å²) in [5, 5.41) is 10.9. The van der Waals surface area contributed by atoms with Crippen molar-refractivity contribution in [2.24, 2.45) is 5.41 Å². The molecule has 0 aromatic heterocycles. The zero-order valence-corrected chi connectivity index (χ0v) is 17.8. The summed E-state index contributed by atoms with van der Waals surface area (Å²) in [6, 6.07) is 6.69. The van der Waals surface area contributed by atoms with Crippen molar-refractivity contribution in [3.8, 4) is 11.5 Å². The van der Waals surface area contributed by atoms with Crippen molar-refractivity contribution in [1.82, 2.24) is 0 Å². The first-order valence-corrected chi connectivity index (χ1v) is 10.0. The number of alkyl halides is 3. The number of hydrogen-bond donors (Lipinski definition) is 0. The second kappa shape index (κ2) is 8.37. The summed E-state index contributed by atoms with van der Waals surface area (Å²) in [6.45, 7) is 5.53. The third-order valence-electron chi connectivity index (χ3n) is 5.47. The summed E-state index contributed by atoms with van der Waals surface area (Å²) in [4.78, 5) is 35.5. The van der Waals surface area contributed by atoms with E-state index < -0.39 is 39.4 Å². The van der Waals surface area contributed by atoms with Crippen LogP contribution in [-0.4, -0.2) is 16.5 Å². The molecule has 1 aliphatic rings. The molecule has 0 aliphatic heterocycles. The second-order valence-corrected chi connectivity index (χ2v) is 8.63. The van der Waals surface area contributed by atoms with Crippen molar-refractivity contribution in [3.63, 3.8) is 0 Å². The first-order chi connectivity index (χ1) is 14.8. The zero-order valence-electron chi connectivity index (χ0n) is 17.8. The van der Waals surface area contributed by atoms with Gasteiger partial charge < -0.3 is 4.74 Å². The molecule has 0 heterocycles. The van der Waals surface area contributed by atoms with Crippen molar-refractivity contribution in [2.75, 3.05) is 0 Å². The Morgan fingerprint density at radius 1 is 1.09 bits per heavy atom. The van der Waals surface area contributed by atoms with E-state index in [0.29, 0.717) is 18.1 Å². The smallest absolute Gasteiger partial charge is 0.420 e. The Labute approximate surface area is 182 Å². The fourth-order valence-corrected chi connectivity index (χ4v) is 4.03. The maximum Gasteiger partial charge on any atom is 0.420 e. The molecule has 0 unspecified atom stereocenters. The lowest BCUT2D eigenvalue weighted by Crippen LogP contribution is -2.36. The van der Waals surface area contributed by atoms with Crippen LogP contribution in [0.3, 0.4) is 0 Å². The normalized spacial score (nSPS) is 16.8. The van der Waals surface area contributed by atoms with E-state index in [9.17, 15) is 32.9 Å². The van der Waals surface area contributed by atoms with E-state index >= 15 is 0 Å². The van der Waals surface area contributed by atoms with Gasteiger partial charge in [-0.2, -0.15) is 13.2 Å². The van der Waals surface area contributed by atoms with Crippen LogP contribution in [0.5, 0.6) is 11.5 Å². The lowest BCUT2D eigenvalue weighted by Gasteiger charge is -2.33. The summed E-state index contributed by atoms with van der Waals surface area (Å²) in [5.41, 5.74) is -1.30. The standard InChI is InChI=1S/C23H22F3NO5/c1-4-13-5-7-15(10-16(13)21-18(28)11-22(2,3)12-19(21)29)32-20-8-6-14(27(30)31)9-17(20)23(24,25)26/h5-10,21H,4,11-12H2,1-3H3. The van der Waals surface area contributed by atoms with Crippen molar-refractivity contribution in [1.29, 1.82) is 0 Å². The van der Waals surface area contributed by atoms with Crippen LogP contribution < -0.4 is 4.74 Å². The fourth-order valence-electron chi connectivity index (χ4n) is 4.03. The predicted molar refractivity (Wildman–Crippen MR) is 110 cm³/mol. The molecule has 0 radical (unpaired) electrons. The number of halogens is 3. The van der Waals surface area contributed by atoms with Crippen LogP contribution in [0, 0.1) is 15.5 Å². The molecular weight excluding hydrogens is 427 g/mol. The highest BCUT2D eigenvalue weighted by Gasteiger charge is 2.41. The molecule has 1 aliphatic carbocycles. The molecule has 3 rings (SSSR count). The molecule has 9 heteroatoms. The zero-order chi connectivity index (χ0) is 23.8. The first kappa shape index (κ1) is 23.4. The highest BCUT2D eigenvalue weighted by molar-refractivity contribution is 6.10. The molecule has 2 aromatic rings. The van der Waals surface area contributed by atoms with Crippen LogP contribution in [0.15, 0.2) is 36.4 Å². The average Bonchev–Trinajstić information content (AvgIpc) is 2.66. The van der Waals surface area contributed by atoms with E-state index in [4.69, 9.17) is 4.74 Å². The summed E-state index contributed by atoms with van der Waals surface area (Å²) >= 11 is 0. The van der Waals surface area contributed by atoms with Gasteiger partial charge in [-0.15, -0.1) is 0 Å². The molecule has 0 saturated heterocycles. The number of benzene rings is 2. The average molecular weight is 449 g/mol. The number of nitrogens with zero attached hydrogens (tertiary/aromatic N) is 1. The highest BCUT2D eigenvalue weighted by Crippen LogP contribution is 2.42. The third-order valence-corrected chi connectivity index (χ3v) is 5.47. The lowest BCUT2D eigenvalue weighted by molar-refractivity contribution is -0.385. The number of carbonyl (C=O) groups is 2. The number of rotatable bonds is 5. The Kier molecular flexibility index (Phi) is 6.13. The van der Waals surface area contributed by atoms with Gasteiger partial charge >= 0.3 is 6.18 Å². The number of non-ortho nitro benzene ring substituents is 1. The third kappa shape index (κ3) is 4.81. The van der Waals surface area contributed by atoms with Gasteiger partial charge in [0.1, 0.15) is 34.5 Å². The van der Waals surface area contributed by atoms with Crippen molar-refractivity contribution < 1.29 is 32.4 Å². The maximum atomic E-state index is 13.5. The maximum absolute atomic E-state index is 13.5. The number of nitro benzene ring substituents is 1. The summed E-state index contributed by atoms with van der Waals surface area (Å²) < 4.78 is 45.8. The molecular formula is C23H22F3NO5. The Hall–Kier alpha value is -3.23. The minimum absolute atomic E-state index is 0.00184. The van der Waals surface area contributed by atoms with Crippen LogP contribution in [0.1, 0.15) is 56.2 Å². The van der Waals surface area contributed by atoms with Gasteiger partial charge in [-0.25, -0.2) is 0 Å². The largest absolute Gasteiger partial charge is 0.457 e. The highest BCUT2D eigenvalue weighted by atomic mass is 19.4. The van der Waals surface area contributed by atoms with Gasteiger partial charge in [-0.05, 0) is 41.2 Å². The molecule has 6 nitrogen and oxygen atoms in total. The van der Waals surface area contributed by atoms with E-state index in [1.807, 2.05) is 20.8 Å². The van der Waals surface area contributed by atoms with Crippen LogP contribution in [0.25, 0.3) is 0 Å². The molecule has 32 heavy (non-hydrogen) atoms. The molecule has 1 saturated carbocycles. The quantitative estimate of drug-likeness (QED) is 0.317. The van der Waals surface area contributed by atoms with Gasteiger partial charge in [0.15, 0.2) is 0 Å². The van der Waals surface area contributed by atoms with E-state index in [1.165, 1.54) is 12.1 Å². The van der Waals surface area contributed by atoms with Crippen molar-refractivity contribution in [3.05, 3.63) is 63.2 Å². The Morgan fingerprint density at radius 3 is 2.25 bits per heavy atom. The SMILES string of the molecule is CCc1ccc(Oc2ccc([N+](=O)[O-])cc2C(F)(F)F)cc1C1C(=O)CC(C)(C)CC1=O. The Bertz CT molecular complexity index is 1070. The molecule has 0 atom stereocenters. The molecule has 2 aromatic carbocycles. The fraction of sp³-hybridized carbons (Fsp3) is 0.391. The van der Waals surface area contributed by atoms with Gasteiger partial charge in [0.05, 0.1) is 4.92 Å². The second-order valence-electron chi connectivity index (χ2n) is 8.63. The number of Topliss-reactive ketones (excluding diaryl/α,β-unsaturated/α-hetero) is 2. The van der Waals surface area contributed by atoms with Gasteiger partial charge in [0.2, 0.25) is 0 Å². The number of nitro groups is 1. The monoisotopic (exact) mass is 449 g/mol. The van der Waals surface area contributed by atoms with Crippen LogP contribution >= 0.6 is 0 Å². The molecule has 0 amide bonds. The van der Waals surface area contributed by atoms with Crippen molar-refractivity contribution in [2.45, 2.75) is 52.1 Å². The Morgan fingerprint density at radius 2 is 1.72 bits per heavy atom. The van der Waals surface area contributed by atoms with Gasteiger partial charge in [0, 0.05) is 25.0 Å². The Balaban J connectivity index is 2.03. The van der Waals surface area contributed by atoms with Crippen LogP contribution in [0.2, 0.25) is 0 Å². The first-order valence-electron chi connectivity index (χ1n) is 10.0. The predicted octanol–water partition coefficient (Wildman–Crippen LogP) is 6.01. The summed E-state index contributed by atoms with van der Waals surface area (Å²) in [7, 11) is 0. The number of ether oxygens (including phenoxy) is 1. The topological polar surface area (TPSA) is 86.5 Å². The minimum Gasteiger partial charge on any atom is -0.457 e. The summed E-state index contributed by atoms with van der Waals surface area (Å²) in [5.74, 6) is -2.06. The number of carbonyl (C=O) groups excluding carboxylic acids is 2. The van der Waals surface area contributed by atoms with Gasteiger partial charge in [0.25, 0.3) is 5.69 Å². The van der Waals surface area contributed by atoms with Crippen LogP contribution in [0.4, 0.5) is 18.9 Å². The van der Waals surface area contributed by atoms with E-state index in [0.717, 1.165) is 17.7 Å². The van der Waals surface area contributed by atoms with Crippen LogP contribution in [-0.2, 0) is 22.2 Å². The molecule has 0 spiro atoms. The van der Waals surface area contributed by atoms with Gasteiger partial charge in [-0.3, -0.25) is 19.7 Å². The minimum atomic E-state index is -4.88. The molecule has 0 bridgehead atoms. The molecule has 170 valence electrons. The summed E-state index contributed by atoms with van der Waals surface area (Å²) in [6.07, 6.45) is -3.92. The number of aryl methyl sites for hydroxylation is 1. The van der Waals surface area contributed by atoms with E-state index in [-0.39, 0.29) is 30.2 Å². The number of hydrogen-bond acceptors (Lipinski definition) is 5. The van der Waals surface area contributed by atoms with E-state index in [2.05, 4.69) is 0 Å². The number of ketones is 2. The van der Waals surface area contributed by atoms with Gasteiger partial charge in [-0.1, -0.05) is 26.8 Å².